The lowest BCUT2D eigenvalue weighted by Crippen LogP contribution is -2.58. The Balaban J connectivity index is 0.725. The average Bonchev–Trinajstić information content (AvgIpc) is 4.27. The van der Waals surface area contributed by atoms with Crippen molar-refractivity contribution in [3.63, 3.8) is 0 Å². The first-order valence-electron chi connectivity index (χ1n) is 25.8. The largest absolute Gasteiger partial charge is 0.754 e. The predicted octanol–water partition coefficient (Wildman–Crippen LogP) is 6.07. The van der Waals surface area contributed by atoms with E-state index >= 15 is 8.78 Å². The maximum Gasteiger partial charge on any atom is 0.246 e. The highest BCUT2D eigenvalue weighted by Gasteiger charge is 2.44. The Morgan fingerprint density at radius 3 is 2.37 bits per heavy atom. The number of aromatic nitrogens is 3. The van der Waals surface area contributed by atoms with Crippen molar-refractivity contribution < 1.29 is 51.0 Å². The molecule has 0 aliphatic carbocycles. The SMILES string of the molecule is Cc1ncsc1-c1ccc(CNC(=O)[C@@H]2C[C@@H](O)CN2C(=O)[C@@H](NC(=O)COCCCN2CCN(c3ccc(-c4cnc5[nH]cc(C(=O)c6c(F)ccc(N(N7CC[C@@H](F)C7)S(=O)[O-])c6F)c5c4)cc3)CC2)C(C)(C)C)cc1. The molecule has 3 aliphatic heterocycles. The number of alkyl halides is 1. The second-order valence-electron chi connectivity index (χ2n) is 20.9. The topological polar surface area (TPSA) is 220 Å². The van der Waals surface area contributed by atoms with Crippen LogP contribution in [0, 0.1) is 24.0 Å². The number of nitrogens with one attached hydrogen (secondary N) is 3. The second-order valence-corrected chi connectivity index (χ2v) is 22.6. The Morgan fingerprint density at radius 1 is 0.974 bits per heavy atom. The van der Waals surface area contributed by atoms with Crippen LogP contribution < -0.4 is 19.9 Å². The number of aryl methyl sites for hydroxylation is 1. The second kappa shape index (κ2) is 24.2. The number of piperazine rings is 1. The maximum absolute atomic E-state index is 16.0. The number of carbonyl (C=O) groups excluding carboxylic acids is 4. The number of likely N-dealkylation sites (tertiary alicyclic amines) is 1. The average molecular weight is 1110 g/mol. The highest BCUT2D eigenvalue weighted by molar-refractivity contribution is 7.80. The molecule has 9 rings (SSSR count). The molecule has 3 amide bonds. The summed E-state index contributed by atoms with van der Waals surface area (Å²) in [4.78, 5) is 73.3. The van der Waals surface area contributed by atoms with Gasteiger partial charge in [-0.2, -0.15) is 0 Å². The minimum Gasteiger partial charge on any atom is -0.754 e. The van der Waals surface area contributed by atoms with Crippen LogP contribution in [0.25, 0.3) is 32.6 Å². The summed E-state index contributed by atoms with van der Waals surface area (Å²) in [5.41, 5.74) is 5.04. The van der Waals surface area contributed by atoms with Crippen molar-refractivity contribution in [2.45, 2.75) is 77.9 Å². The van der Waals surface area contributed by atoms with Gasteiger partial charge >= 0.3 is 0 Å². The highest BCUT2D eigenvalue weighted by Crippen LogP contribution is 2.34. The highest BCUT2D eigenvalue weighted by atomic mass is 32.2. The Bertz CT molecular complexity index is 3170. The third kappa shape index (κ3) is 12.6. The first-order valence-corrected chi connectivity index (χ1v) is 27.7. The number of fused-ring (bicyclic) bond motifs is 1. The molecule has 3 aromatic heterocycles. The predicted molar refractivity (Wildman–Crippen MR) is 290 cm³/mol. The number of hydrogen-bond acceptors (Lipinski definition) is 14. The zero-order valence-corrected chi connectivity index (χ0v) is 45.3. The molecule has 3 aliphatic rings. The fraction of sp³-hybridized carbons (Fsp3) is 0.418. The molecule has 0 saturated carbocycles. The van der Waals surface area contributed by atoms with Crippen LogP contribution in [0.3, 0.4) is 0 Å². The molecule has 3 saturated heterocycles. The number of thiazole rings is 1. The van der Waals surface area contributed by atoms with Crippen LogP contribution in [0.1, 0.15) is 67.2 Å². The van der Waals surface area contributed by atoms with Crippen molar-refractivity contribution in [3.05, 3.63) is 119 Å². The number of hydrazine groups is 1. The molecule has 5 atom stereocenters. The number of anilines is 2. The van der Waals surface area contributed by atoms with Gasteiger partial charge in [0.1, 0.15) is 42.0 Å². The van der Waals surface area contributed by atoms with Gasteiger partial charge in [0.15, 0.2) is 5.82 Å². The Labute approximate surface area is 456 Å². The summed E-state index contributed by atoms with van der Waals surface area (Å²) in [6.07, 6.45) is 1.48. The van der Waals surface area contributed by atoms with Gasteiger partial charge < -0.3 is 39.8 Å². The number of halogens is 3. The number of aromatic amines is 1. The smallest absolute Gasteiger partial charge is 0.246 e. The molecule has 6 aromatic rings. The summed E-state index contributed by atoms with van der Waals surface area (Å²) < 4.78 is 76.0. The van der Waals surface area contributed by atoms with E-state index in [0.717, 1.165) is 82.8 Å². The quantitative estimate of drug-likeness (QED) is 0.0412. The summed E-state index contributed by atoms with van der Waals surface area (Å²) in [5, 5.41) is 17.8. The van der Waals surface area contributed by atoms with E-state index < -0.39 is 81.5 Å². The van der Waals surface area contributed by atoms with Crippen molar-refractivity contribution >= 4 is 68.5 Å². The summed E-state index contributed by atoms with van der Waals surface area (Å²) in [5.74, 6) is -4.91. The molecule has 4 N–H and O–H groups in total. The Morgan fingerprint density at radius 2 is 1.71 bits per heavy atom. The van der Waals surface area contributed by atoms with Crippen LogP contribution in [0.4, 0.5) is 24.5 Å². The van der Waals surface area contributed by atoms with Gasteiger partial charge in [0, 0.05) is 100.0 Å². The number of pyridine rings is 1. The van der Waals surface area contributed by atoms with E-state index in [-0.39, 0.29) is 57.1 Å². The molecule has 23 heteroatoms. The third-order valence-corrected chi connectivity index (χ3v) is 16.1. The van der Waals surface area contributed by atoms with Crippen LogP contribution in [-0.4, -0.2) is 157 Å². The van der Waals surface area contributed by atoms with E-state index in [1.165, 1.54) is 11.1 Å². The molecule has 18 nitrogen and oxygen atoms in total. The van der Waals surface area contributed by atoms with Crippen molar-refractivity contribution in [1.29, 1.82) is 0 Å². The van der Waals surface area contributed by atoms with E-state index in [1.807, 2.05) is 76.2 Å². The molecule has 3 aromatic carbocycles. The zero-order valence-electron chi connectivity index (χ0n) is 43.7. The van der Waals surface area contributed by atoms with Gasteiger partial charge in [-0.05, 0) is 72.2 Å². The number of ether oxygens (including phenoxy) is 1. The summed E-state index contributed by atoms with van der Waals surface area (Å²) in [7, 11) is 0. The minimum absolute atomic E-state index is 0.0191. The lowest BCUT2D eigenvalue weighted by atomic mass is 9.85. The summed E-state index contributed by atoms with van der Waals surface area (Å²) in [6.45, 7) is 11.3. The number of rotatable bonds is 19. The lowest BCUT2D eigenvalue weighted by Gasteiger charge is -2.36. The van der Waals surface area contributed by atoms with E-state index in [9.17, 15) is 37.4 Å². The summed E-state index contributed by atoms with van der Waals surface area (Å²) in [6, 6.07) is 17.2. The van der Waals surface area contributed by atoms with Crippen LogP contribution in [0.2, 0.25) is 0 Å². The minimum atomic E-state index is -3.09. The van der Waals surface area contributed by atoms with Gasteiger partial charge in [0.05, 0.1) is 45.6 Å². The molecule has 1 unspecified atom stereocenters. The van der Waals surface area contributed by atoms with Crippen LogP contribution in [0.15, 0.2) is 84.6 Å². The van der Waals surface area contributed by atoms with Crippen molar-refractivity contribution in [2.75, 3.05) is 74.9 Å². The maximum atomic E-state index is 16.0. The van der Waals surface area contributed by atoms with Gasteiger partial charge in [0.25, 0.3) is 0 Å². The number of β-amino-alcohol motifs (C(OH)–C–C–N with tert-alkyl or cyclic N) is 1. The Kier molecular flexibility index (Phi) is 17.4. The van der Waals surface area contributed by atoms with E-state index in [1.54, 1.807) is 29.1 Å². The molecule has 6 heterocycles. The molecule has 0 spiro atoms. The van der Waals surface area contributed by atoms with E-state index in [0.29, 0.717) is 34.0 Å². The molecule has 414 valence electrons. The molecular weight excluding hydrogens is 1050 g/mol. The number of H-pyrrole nitrogens is 1. The van der Waals surface area contributed by atoms with Gasteiger partial charge in [0.2, 0.25) is 23.5 Å². The number of hydrogen-bond donors (Lipinski definition) is 4. The van der Waals surface area contributed by atoms with Gasteiger partial charge in [-0.15, -0.1) is 11.3 Å². The number of amides is 3. The summed E-state index contributed by atoms with van der Waals surface area (Å²) >= 11 is -1.53. The number of carbonyl (C=O) groups is 4. The standard InChI is InChI=1S/C55H63F3N10O8S2/c1-33-50(77-32-62-33)36-8-6-34(7-9-36)26-61-53(72)45-25-40(69)30-67(45)54(73)51(55(2,3)4)63-46(70)31-76-23-5-17-64-19-21-65(22-20-64)39-12-10-35(11-13-39)37-24-41-42(28-60-52(41)59-27-37)49(71)47-43(57)14-15-44(48(47)58)68(78(74)75)66-18-16-38(56)29-66/h6-15,24,27-28,32,38,40,45,51,69H,5,16-23,25-26,29-31H2,1-4H3,(H,59,60)(H,61,72)(H,63,70)(H,74,75)/p-1/t38-,40-,45+,51-/m1/s1. The van der Waals surface area contributed by atoms with Crippen LogP contribution in [-0.2, 0) is 36.9 Å². The van der Waals surface area contributed by atoms with Crippen LogP contribution in [0.5, 0.6) is 0 Å². The lowest BCUT2D eigenvalue weighted by molar-refractivity contribution is -0.144. The number of ketones is 1. The van der Waals surface area contributed by atoms with Crippen molar-refractivity contribution in [3.8, 4) is 21.6 Å². The fourth-order valence-electron chi connectivity index (χ4n) is 10.2. The first kappa shape index (κ1) is 56.1. The monoisotopic (exact) mass is 1110 g/mol. The van der Waals surface area contributed by atoms with Gasteiger partial charge in [-0.25, -0.2) is 32.6 Å². The zero-order chi connectivity index (χ0) is 55.4. The molecule has 0 radical (unpaired) electrons. The number of aliphatic hydroxyl groups is 1. The molecular formula is C55H62F3N10O8S2-. The van der Waals surface area contributed by atoms with Gasteiger partial charge in [-0.3, -0.25) is 28.3 Å². The number of benzene rings is 3. The molecule has 3 fully saturated rings. The van der Waals surface area contributed by atoms with Crippen molar-refractivity contribution in [2.24, 2.45) is 5.41 Å². The van der Waals surface area contributed by atoms with Crippen molar-refractivity contribution in [1.82, 2.24) is 40.4 Å². The van der Waals surface area contributed by atoms with Crippen LogP contribution >= 0.6 is 11.3 Å². The normalized spacial score (nSPS) is 19.1. The number of aliphatic hydroxyl groups excluding tert-OH is 1. The van der Waals surface area contributed by atoms with Gasteiger partial charge in [-0.1, -0.05) is 57.2 Å². The Hall–Kier alpha value is -6.60. The molecule has 78 heavy (non-hydrogen) atoms. The number of nitrogens with zero attached hydrogens (tertiary/aromatic N) is 7. The molecule has 0 bridgehead atoms. The third-order valence-electron chi connectivity index (χ3n) is 14.4. The van der Waals surface area contributed by atoms with E-state index in [2.05, 4.69) is 35.4 Å². The van der Waals surface area contributed by atoms with E-state index in [4.69, 9.17) is 4.74 Å². The first-order chi connectivity index (χ1) is 37.3. The fourth-order valence-corrected chi connectivity index (χ4v) is 11.7.